The number of thiol groups is 1. The highest BCUT2D eigenvalue weighted by atomic mass is 32.1. The maximum Gasteiger partial charge on any atom is 0.223 e. The van der Waals surface area contributed by atoms with Gasteiger partial charge in [-0.3, -0.25) is 4.79 Å². The van der Waals surface area contributed by atoms with Gasteiger partial charge in [0.1, 0.15) is 0 Å². The lowest BCUT2D eigenvalue weighted by atomic mass is 10.3. The van der Waals surface area contributed by atoms with E-state index in [9.17, 15) is 4.79 Å². The molecule has 0 aliphatic carbocycles. The fraction of sp³-hybridized carbons (Fsp3) is 0.600. The molecule has 1 aromatic heterocycles. The van der Waals surface area contributed by atoms with Crippen LogP contribution in [-0.4, -0.2) is 47.7 Å². The highest BCUT2D eigenvalue weighted by Crippen LogP contribution is 2.18. The standard InChI is InChI=1S/C10H15N3OS2/c14-9(1-7-15)12-3-5-13(6-4-12)10-11-2-8-16-10/h2,8,15H,1,3-7H2. The van der Waals surface area contributed by atoms with Gasteiger partial charge in [-0.15, -0.1) is 11.3 Å². The van der Waals surface area contributed by atoms with E-state index in [1.807, 2.05) is 16.5 Å². The van der Waals surface area contributed by atoms with Gasteiger partial charge in [-0.1, -0.05) is 0 Å². The van der Waals surface area contributed by atoms with Gasteiger partial charge in [0.05, 0.1) is 0 Å². The predicted octanol–water partition coefficient (Wildman–Crippen LogP) is 1.11. The molecule has 0 bridgehead atoms. The van der Waals surface area contributed by atoms with Crippen molar-refractivity contribution in [3.63, 3.8) is 0 Å². The summed E-state index contributed by atoms with van der Waals surface area (Å²) in [5, 5.41) is 3.04. The van der Waals surface area contributed by atoms with Crippen LogP contribution in [0.5, 0.6) is 0 Å². The first-order valence-electron chi connectivity index (χ1n) is 5.34. The predicted molar refractivity (Wildman–Crippen MR) is 69.4 cm³/mol. The first-order valence-corrected chi connectivity index (χ1v) is 6.85. The van der Waals surface area contributed by atoms with Crippen molar-refractivity contribution >= 4 is 35.0 Å². The Bertz CT molecular complexity index is 334. The van der Waals surface area contributed by atoms with Gasteiger partial charge in [0.2, 0.25) is 5.91 Å². The molecule has 0 saturated carbocycles. The van der Waals surface area contributed by atoms with E-state index in [-0.39, 0.29) is 5.91 Å². The van der Waals surface area contributed by atoms with Gasteiger partial charge in [-0.2, -0.15) is 12.6 Å². The number of rotatable bonds is 3. The summed E-state index contributed by atoms with van der Waals surface area (Å²) in [7, 11) is 0. The smallest absolute Gasteiger partial charge is 0.223 e. The molecule has 0 aromatic carbocycles. The third kappa shape index (κ3) is 2.68. The van der Waals surface area contributed by atoms with Gasteiger partial charge in [0, 0.05) is 44.2 Å². The van der Waals surface area contributed by atoms with Gasteiger partial charge >= 0.3 is 0 Å². The number of nitrogens with zero attached hydrogens (tertiary/aromatic N) is 3. The van der Waals surface area contributed by atoms with Crippen molar-refractivity contribution < 1.29 is 4.79 Å². The number of hydrogen-bond donors (Lipinski definition) is 1. The second-order valence-corrected chi connectivity index (χ2v) is 4.98. The van der Waals surface area contributed by atoms with Crippen molar-refractivity contribution in [1.29, 1.82) is 0 Å². The summed E-state index contributed by atoms with van der Waals surface area (Å²) in [5.74, 6) is 0.847. The van der Waals surface area contributed by atoms with Crippen LogP contribution in [0.2, 0.25) is 0 Å². The lowest BCUT2D eigenvalue weighted by Gasteiger charge is -2.34. The molecule has 0 spiro atoms. The van der Waals surface area contributed by atoms with E-state index in [4.69, 9.17) is 0 Å². The molecule has 1 amide bonds. The highest BCUT2D eigenvalue weighted by molar-refractivity contribution is 7.80. The van der Waals surface area contributed by atoms with E-state index in [2.05, 4.69) is 22.5 Å². The van der Waals surface area contributed by atoms with E-state index in [0.29, 0.717) is 12.2 Å². The Morgan fingerprint density at radius 2 is 2.19 bits per heavy atom. The normalized spacial score (nSPS) is 16.6. The molecule has 6 heteroatoms. The number of aromatic nitrogens is 1. The van der Waals surface area contributed by atoms with E-state index >= 15 is 0 Å². The van der Waals surface area contributed by atoms with Crippen LogP contribution in [0.3, 0.4) is 0 Å². The van der Waals surface area contributed by atoms with Crippen LogP contribution in [0.25, 0.3) is 0 Å². The molecule has 2 rings (SSSR count). The number of piperazine rings is 1. The maximum atomic E-state index is 11.6. The summed E-state index contributed by atoms with van der Waals surface area (Å²) in [6.45, 7) is 3.36. The molecule has 16 heavy (non-hydrogen) atoms. The number of amides is 1. The molecule has 1 aliphatic rings. The summed E-state index contributed by atoms with van der Waals surface area (Å²) in [6, 6.07) is 0. The lowest BCUT2D eigenvalue weighted by molar-refractivity contribution is -0.131. The Hall–Kier alpha value is -0.750. The average Bonchev–Trinajstić information content (AvgIpc) is 2.83. The van der Waals surface area contributed by atoms with Crippen LogP contribution in [0.4, 0.5) is 5.13 Å². The number of thiazole rings is 1. The Balaban J connectivity index is 1.85. The Kier molecular flexibility index (Phi) is 4.06. The maximum absolute atomic E-state index is 11.6. The minimum Gasteiger partial charge on any atom is -0.345 e. The number of carbonyl (C=O) groups excluding carboxylic acids is 1. The Morgan fingerprint density at radius 3 is 2.75 bits per heavy atom. The largest absolute Gasteiger partial charge is 0.345 e. The first-order chi connectivity index (χ1) is 7.81. The summed E-state index contributed by atoms with van der Waals surface area (Å²) >= 11 is 5.73. The van der Waals surface area contributed by atoms with Crippen molar-refractivity contribution in [2.24, 2.45) is 0 Å². The van der Waals surface area contributed by atoms with Gasteiger partial charge < -0.3 is 9.80 Å². The summed E-state index contributed by atoms with van der Waals surface area (Å²) in [4.78, 5) is 20.1. The van der Waals surface area contributed by atoms with E-state index in [0.717, 1.165) is 31.3 Å². The van der Waals surface area contributed by atoms with Gasteiger partial charge in [0.15, 0.2) is 5.13 Å². The van der Waals surface area contributed by atoms with Gasteiger partial charge in [-0.25, -0.2) is 4.98 Å². The summed E-state index contributed by atoms with van der Waals surface area (Å²) in [5.41, 5.74) is 0. The fourth-order valence-corrected chi connectivity index (χ4v) is 2.66. The zero-order valence-electron chi connectivity index (χ0n) is 9.00. The van der Waals surface area contributed by atoms with Crippen molar-refractivity contribution in [3.8, 4) is 0 Å². The number of hydrogen-bond acceptors (Lipinski definition) is 5. The number of carbonyl (C=O) groups is 1. The molecule has 1 aliphatic heterocycles. The first kappa shape index (κ1) is 11.7. The Morgan fingerprint density at radius 1 is 1.44 bits per heavy atom. The van der Waals surface area contributed by atoms with Crippen molar-refractivity contribution in [3.05, 3.63) is 11.6 Å². The molecule has 4 nitrogen and oxygen atoms in total. The molecule has 1 aromatic rings. The molecular formula is C10H15N3OS2. The highest BCUT2D eigenvalue weighted by Gasteiger charge is 2.21. The fourth-order valence-electron chi connectivity index (χ4n) is 1.77. The second-order valence-electron chi connectivity index (χ2n) is 3.66. The molecule has 0 atom stereocenters. The van der Waals surface area contributed by atoms with Crippen LogP contribution in [-0.2, 0) is 4.79 Å². The number of anilines is 1. The van der Waals surface area contributed by atoms with Gasteiger partial charge in [0.25, 0.3) is 0 Å². The van der Waals surface area contributed by atoms with E-state index < -0.39 is 0 Å². The summed E-state index contributed by atoms with van der Waals surface area (Å²) < 4.78 is 0. The molecule has 1 saturated heterocycles. The second kappa shape index (κ2) is 5.54. The average molecular weight is 257 g/mol. The lowest BCUT2D eigenvalue weighted by Crippen LogP contribution is -2.48. The minimum absolute atomic E-state index is 0.216. The third-order valence-electron chi connectivity index (χ3n) is 2.65. The van der Waals surface area contributed by atoms with Crippen LogP contribution >= 0.6 is 24.0 Å². The molecular weight excluding hydrogens is 242 g/mol. The summed E-state index contributed by atoms with van der Waals surface area (Å²) in [6.07, 6.45) is 2.36. The van der Waals surface area contributed by atoms with Crippen LogP contribution < -0.4 is 4.90 Å². The van der Waals surface area contributed by atoms with E-state index in [1.165, 1.54) is 0 Å². The van der Waals surface area contributed by atoms with E-state index in [1.54, 1.807) is 11.3 Å². The van der Waals surface area contributed by atoms with Crippen LogP contribution in [0.15, 0.2) is 11.6 Å². The van der Waals surface area contributed by atoms with Crippen molar-refractivity contribution in [2.45, 2.75) is 6.42 Å². The minimum atomic E-state index is 0.216. The molecule has 1 fully saturated rings. The molecule has 88 valence electrons. The van der Waals surface area contributed by atoms with Crippen LogP contribution in [0.1, 0.15) is 6.42 Å². The third-order valence-corrected chi connectivity index (χ3v) is 3.70. The van der Waals surface area contributed by atoms with Crippen molar-refractivity contribution in [1.82, 2.24) is 9.88 Å². The Labute approximate surface area is 105 Å². The van der Waals surface area contributed by atoms with Gasteiger partial charge in [-0.05, 0) is 5.75 Å². The SMILES string of the molecule is O=C(CCS)N1CCN(c2nccs2)CC1. The zero-order chi connectivity index (χ0) is 11.4. The quantitative estimate of drug-likeness (QED) is 0.824. The molecule has 0 radical (unpaired) electrons. The van der Waals surface area contributed by atoms with Crippen molar-refractivity contribution in [2.75, 3.05) is 36.8 Å². The monoisotopic (exact) mass is 257 g/mol. The zero-order valence-corrected chi connectivity index (χ0v) is 10.7. The topological polar surface area (TPSA) is 36.4 Å². The molecule has 2 heterocycles. The van der Waals surface area contributed by atoms with Crippen LogP contribution in [0, 0.1) is 0 Å². The molecule has 0 N–H and O–H groups in total. The molecule has 0 unspecified atom stereocenters.